The van der Waals surface area contributed by atoms with Crippen LogP contribution in [0.2, 0.25) is 0 Å². The Labute approximate surface area is 182 Å². The highest BCUT2D eigenvalue weighted by Gasteiger charge is 2.33. The van der Waals surface area contributed by atoms with Gasteiger partial charge in [0.15, 0.2) is 5.82 Å². The summed E-state index contributed by atoms with van der Waals surface area (Å²) in [6.07, 6.45) is -6.40. The SMILES string of the molecule is FC(F)(F)c1cc(Nc2nc(NOCC3CC3)nc(-c3cccc(C(F)(F)F)n3)n2)ccn1. The number of rotatable bonds is 7. The van der Waals surface area contributed by atoms with Gasteiger partial charge in [-0.15, -0.1) is 0 Å². The third-order valence-electron chi connectivity index (χ3n) is 4.39. The van der Waals surface area contributed by atoms with E-state index in [4.69, 9.17) is 4.84 Å². The molecule has 0 saturated heterocycles. The molecule has 14 heteroatoms. The molecule has 2 N–H and O–H groups in total. The molecule has 0 unspecified atom stereocenters. The summed E-state index contributed by atoms with van der Waals surface area (Å²) < 4.78 is 78.0. The smallest absolute Gasteiger partial charge is 0.324 e. The fourth-order valence-electron chi connectivity index (χ4n) is 2.61. The van der Waals surface area contributed by atoms with E-state index in [9.17, 15) is 26.3 Å². The van der Waals surface area contributed by atoms with Crippen LogP contribution in [0.3, 0.4) is 0 Å². The van der Waals surface area contributed by atoms with Gasteiger partial charge in [0.2, 0.25) is 5.95 Å². The van der Waals surface area contributed by atoms with Crippen LogP contribution in [-0.4, -0.2) is 31.5 Å². The van der Waals surface area contributed by atoms with E-state index in [0.29, 0.717) is 12.5 Å². The van der Waals surface area contributed by atoms with Crippen LogP contribution in [0.25, 0.3) is 11.5 Å². The Morgan fingerprint density at radius 1 is 0.879 bits per heavy atom. The van der Waals surface area contributed by atoms with Crippen LogP contribution >= 0.6 is 0 Å². The number of nitrogens with one attached hydrogen (secondary N) is 2. The van der Waals surface area contributed by atoms with Crippen molar-refractivity contribution in [2.45, 2.75) is 25.2 Å². The average Bonchev–Trinajstić information content (AvgIpc) is 3.57. The summed E-state index contributed by atoms with van der Waals surface area (Å²) in [5, 5.41) is 2.58. The summed E-state index contributed by atoms with van der Waals surface area (Å²) >= 11 is 0. The minimum absolute atomic E-state index is 0.0451. The van der Waals surface area contributed by atoms with Crippen molar-refractivity contribution < 1.29 is 31.2 Å². The fourth-order valence-corrected chi connectivity index (χ4v) is 2.61. The van der Waals surface area contributed by atoms with E-state index < -0.39 is 23.7 Å². The highest BCUT2D eigenvalue weighted by Crippen LogP contribution is 2.31. The molecule has 8 nitrogen and oxygen atoms in total. The van der Waals surface area contributed by atoms with Crippen molar-refractivity contribution in [1.82, 2.24) is 24.9 Å². The zero-order valence-corrected chi connectivity index (χ0v) is 16.6. The van der Waals surface area contributed by atoms with Gasteiger partial charge in [0.1, 0.15) is 17.1 Å². The lowest BCUT2D eigenvalue weighted by molar-refractivity contribution is -0.141. The van der Waals surface area contributed by atoms with Crippen molar-refractivity contribution in [2.75, 3.05) is 17.4 Å². The largest absolute Gasteiger partial charge is 0.433 e. The molecule has 3 heterocycles. The minimum atomic E-state index is -4.69. The van der Waals surface area contributed by atoms with E-state index in [1.165, 1.54) is 12.1 Å². The standard InChI is InChI=1S/C19H15F6N7O/c20-18(21,22)13-3-1-2-12(28-13)15-29-16(31-17(30-15)32-33-9-10-4-5-10)27-11-6-7-26-14(8-11)19(23,24)25/h1-3,6-8,10H,4-5,9H2,(H2,26,27,29,30,31,32). The van der Waals surface area contributed by atoms with Gasteiger partial charge in [-0.1, -0.05) is 6.07 Å². The maximum Gasteiger partial charge on any atom is 0.433 e. The number of pyridine rings is 2. The Balaban J connectivity index is 1.66. The second-order valence-corrected chi connectivity index (χ2v) is 7.12. The van der Waals surface area contributed by atoms with Crippen molar-refractivity contribution in [1.29, 1.82) is 0 Å². The van der Waals surface area contributed by atoms with Crippen LogP contribution in [-0.2, 0) is 17.2 Å². The molecular weight excluding hydrogens is 456 g/mol. The molecule has 0 aromatic carbocycles. The lowest BCUT2D eigenvalue weighted by atomic mass is 10.3. The first-order chi connectivity index (χ1) is 15.6. The zero-order valence-electron chi connectivity index (χ0n) is 16.6. The highest BCUT2D eigenvalue weighted by atomic mass is 19.4. The molecule has 0 radical (unpaired) electrons. The molecule has 1 aliphatic carbocycles. The first kappa shape index (κ1) is 22.6. The Kier molecular flexibility index (Phi) is 6.01. The molecule has 1 fully saturated rings. The molecule has 1 saturated carbocycles. The second-order valence-electron chi connectivity index (χ2n) is 7.12. The predicted molar refractivity (Wildman–Crippen MR) is 103 cm³/mol. The molecule has 0 atom stereocenters. The van der Waals surface area contributed by atoms with E-state index in [2.05, 4.69) is 35.7 Å². The third kappa shape index (κ3) is 6.03. The summed E-state index contributed by atoms with van der Waals surface area (Å²) in [6.45, 7) is 0.366. The minimum Gasteiger partial charge on any atom is -0.324 e. The molecule has 0 amide bonds. The lowest BCUT2D eigenvalue weighted by Gasteiger charge is -2.12. The van der Waals surface area contributed by atoms with E-state index >= 15 is 0 Å². The van der Waals surface area contributed by atoms with Crippen LogP contribution < -0.4 is 10.8 Å². The second kappa shape index (κ2) is 8.77. The van der Waals surface area contributed by atoms with E-state index in [1.807, 2.05) is 0 Å². The molecule has 4 rings (SSSR count). The number of aromatic nitrogens is 5. The molecule has 33 heavy (non-hydrogen) atoms. The van der Waals surface area contributed by atoms with Crippen molar-refractivity contribution >= 4 is 17.6 Å². The molecule has 3 aromatic rings. The maximum absolute atomic E-state index is 13.1. The van der Waals surface area contributed by atoms with Crippen molar-refractivity contribution in [2.24, 2.45) is 5.92 Å². The van der Waals surface area contributed by atoms with Crippen molar-refractivity contribution in [3.63, 3.8) is 0 Å². The average molecular weight is 471 g/mol. The van der Waals surface area contributed by atoms with Gasteiger partial charge in [0.25, 0.3) is 5.95 Å². The van der Waals surface area contributed by atoms with Gasteiger partial charge in [-0.05, 0) is 43.0 Å². The summed E-state index contributed by atoms with van der Waals surface area (Å²) in [5.74, 6) is -0.260. The van der Waals surface area contributed by atoms with Crippen LogP contribution in [0, 0.1) is 5.92 Å². The van der Waals surface area contributed by atoms with Gasteiger partial charge in [-0.25, -0.2) is 10.5 Å². The van der Waals surface area contributed by atoms with E-state index in [0.717, 1.165) is 37.2 Å². The highest BCUT2D eigenvalue weighted by molar-refractivity contribution is 5.58. The van der Waals surface area contributed by atoms with Crippen LogP contribution in [0.5, 0.6) is 0 Å². The van der Waals surface area contributed by atoms with Crippen LogP contribution in [0.1, 0.15) is 24.2 Å². The van der Waals surface area contributed by atoms with Gasteiger partial charge < -0.3 is 5.32 Å². The van der Waals surface area contributed by atoms with Crippen molar-refractivity contribution in [3.05, 3.63) is 47.9 Å². The van der Waals surface area contributed by atoms with Gasteiger partial charge in [-0.3, -0.25) is 9.82 Å². The molecular formula is C19H15F6N7O. The number of nitrogens with zero attached hydrogens (tertiary/aromatic N) is 5. The molecule has 0 aliphatic heterocycles. The van der Waals surface area contributed by atoms with Gasteiger partial charge in [0.05, 0.1) is 6.61 Å². The zero-order chi connectivity index (χ0) is 23.6. The number of hydrogen-bond donors (Lipinski definition) is 2. The summed E-state index contributed by atoms with van der Waals surface area (Å²) in [5.41, 5.74) is -0.0735. The quantitative estimate of drug-likeness (QED) is 0.372. The fraction of sp³-hybridized carbons (Fsp3) is 0.316. The Morgan fingerprint density at radius 2 is 1.61 bits per heavy atom. The summed E-state index contributed by atoms with van der Waals surface area (Å²) in [7, 11) is 0. The molecule has 3 aromatic heterocycles. The predicted octanol–water partition coefficient (Wildman–Crippen LogP) is 4.86. The van der Waals surface area contributed by atoms with Gasteiger partial charge in [0, 0.05) is 11.9 Å². The lowest BCUT2D eigenvalue weighted by Crippen LogP contribution is -2.12. The maximum atomic E-state index is 13.1. The molecule has 0 bridgehead atoms. The third-order valence-corrected chi connectivity index (χ3v) is 4.39. The molecule has 174 valence electrons. The number of alkyl halides is 6. The van der Waals surface area contributed by atoms with Gasteiger partial charge >= 0.3 is 12.4 Å². The first-order valence-corrected chi connectivity index (χ1v) is 9.57. The topological polar surface area (TPSA) is 97.7 Å². The van der Waals surface area contributed by atoms with E-state index in [1.54, 1.807) is 0 Å². The van der Waals surface area contributed by atoms with Crippen LogP contribution in [0.15, 0.2) is 36.5 Å². The summed E-state index contributed by atoms with van der Waals surface area (Å²) in [6, 6.07) is 5.17. The van der Waals surface area contributed by atoms with Gasteiger partial charge in [-0.2, -0.15) is 41.3 Å². The molecule has 1 aliphatic rings. The number of anilines is 3. The first-order valence-electron chi connectivity index (χ1n) is 9.57. The van der Waals surface area contributed by atoms with Crippen LogP contribution in [0.4, 0.5) is 43.9 Å². The summed E-state index contributed by atoms with van der Waals surface area (Å²) in [4.78, 5) is 24.1. The number of halogens is 6. The van der Waals surface area contributed by atoms with E-state index in [-0.39, 0.29) is 29.1 Å². The monoisotopic (exact) mass is 471 g/mol. The number of hydrogen-bond acceptors (Lipinski definition) is 8. The molecule has 0 spiro atoms. The Bertz CT molecular complexity index is 1130. The Morgan fingerprint density at radius 3 is 2.30 bits per heavy atom. The van der Waals surface area contributed by atoms with Crippen molar-refractivity contribution in [3.8, 4) is 11.5 Å². The Hall–Kier alpha value is -3.55. The normalized spacial score (nSPS) is 14.2.